The summed E-state index contributed by atoms with van der Waals surface area (Å²) in [5.41, 5.74) is 4.08. The number of phenolic OH excluding ortho intramolecular Hbond substituents is 1. The Morgan fingerprint density at radius 3 is 2.61 bits per heavy atom. The lowest BCUT2D eigenvalue weighted by molar-refractivity contribution is 0.0737. The van der Waals surface area contributed by atoms with Gasteiger partial charge in [-0.1, -0.05) is 29.8 Å². The average molecular weight is 460 g/mol. The Morgan fingerprint density at radius 2 is 1.85 bits per heavy atom. The van der Waals surface area contributed by atoms with E-state index in [0.29, 0.717) is 46.1 Å². The van der Waals surface area contributed by atoms with Crippen molar-refractivity contribution in [3.05, 3.63) is 76.4 Å². The van der Waals surface area contributed by atoms with E-state index in [1.807, 2.05) is 47.4 Å². The number of phenols is 1. The third-order valence-electron chi connectivity index (χ3n) is 5.64. The number of piperazine rings is 1. The molecule has 3 heterocycles. The summed E-state index contributed by atoms with van der Waals surface area (Å²) in [6, 6.07) is 16.1. The van der Waals surface area contributed by atoms with Crippen molar-refractivity contribution in [3.63, 3.8) is 0 Å². The molecule has 0 bridgehead atoms. The summed E-state index contributed by atoms with van der Waals surface area (Å²) in [5.74, 6) is 0.120. The Bertz CT molecular complexity index is 1340. The Labute approximate surface area is 195 Å². The highest BCUT2D eigenvalue weighted by atomic mass is 35.5. The van der Waals surface area contributed by atoms with E-state index in [1.165, 1.54) is 0 Å². The predicted molar refractivity (Wildman–Crippen MR) is 130 cm³/mol. The fraction of sp³-hybridized carbons (Fsp3) is 0.160. The third-order valence-corrected chi connectivity index (χ3v) is 5.87. The lowest BCUT2D eigenvalue weighted by Crippen LogP contribution is -2.46. The lowest BCUT2D eigenvalue weighted by atomic mass is 10.0. The van der Waals surface area contributed by atoms with E-state index in [-0.39, 0.29) is 11.7 Å². The number of nitrogens with zero attached hydrogens (tertiary/aromatic N) is 3. The van der Waals surface area contributed by atoms with Gasteiger partial charge in [0.15, 0.2) is 5.65 Å². The zero-order valence-electron chi connectivity index (χ0n) is 17.8. The summed E-state index contributed by atoms with van der Waals surface area (Å²) in [7, 11) is 0. The number of benzene rings is 2. The van der Waals surface area contributed by atoms with Crippen LogP contribution in [0.3, 0.4) is 0 Å². The number of hydrogen-bond acceptors (Lipinski definition) is 5. The first kappa shape index (κ1) is 21.2. The lowest BCUT2D eigenvalue weighted by Gasteiger charge is -2.27. The fourth-order valence-corrected chi connectivity index (χ4v) is 4.15. The molecule has 1 aliphatic heterocycles. The molecule has 8 heteroatoms. The number of aromatic amines is 1. The van der Waals surface area contributed by atoms with Crippen LogP contribution in [0, 0.1) is 0 Å². The minimum Gasteiger partial charge on any atom is -0.508 e. The minimum absolute atomic E-state index is 0.0530. The van der Waals surface area contributed by atoms with Gasteiger partial charge in [-0.05, 0) is 54.1 Å². The van der Waals surface area contributed by atoms with Gasteiger partial charge in [-0.25, -0.2) is 4.98 Å². The standard InChI is InChI=1S/C25H22ClN5O2/c26-18-3-1-2-16(14-18)4-9-21-23-20(25(33)31-12-10-27-11-13-31)15-22(28-24(23)30-29-21)17-5-7-19(32)8-6-17/h1-9,14-15,27,32H,10-13H2,(H,28,29,30)/b9-4+. The number of rotatable bonds is 4. The van der Waals surface area contributed by atoms with Crippen molar-refractivity contribution in [2.75, 3.05) is 26.2 Å². The van der Waals surface area contributed by atoms with Gasteiger partial charge < -0.3 is 15.3 Å². The highest BCUT2D eigenvalue weighted by molar-refractivity contribution is 6.30. The largest absolute Gasteiger partial charge is 0.508 e. The van der Waals surface area contributed by atoms with Gasteiger partial charge in [0.1, 0.15) is 5.75 Å². The van der Waals surface area contributed by atoms with Gasteiger partial charge in [0.05, 0.1) is 22.3 Å². The summed E-state index contributed by atoms with van der Waals surface area (Å²) in [6.45, 7) is 2.81. The van der Waals surface area contributed by atoms with E-state index in [0.717, 1.165) is 24.2 Å². The molecule has 2 aromatic heterocycles. The van der Waals surface area contributed by atoms with Crippen LogP contribution in [0.1, 0.15) is 21.6 Å². The smallest absolute Gasteiger partial charge is 0.254 e. The van der Waals surface area contributed by atoms with Gasteiger partial charge in [0, 0.05) is 36.8 Å². The van der Waals surface area contributed by atoms with Crippen LogP contribution in [0.4, 0.5) is 0 Å². The molecule has 0 atom stereocenters. The van der Waals surface area contributed by atoms with Crippen LogP contribution in [0.25, 0.3) is 34.4 Å². The first-order chi connectivity index (χ1) is 16.1. The SMILES string of the molecule is O=C(c1cc(-c2ccc(O)cc2)nc2[nH]nc(/C=C/c3cccc(Cl)c3)c12)N1CCNCC1. The number of amides is 1. The molecule has 5 rings (SSSR count). The second-order valence-electron chi connectivity index (χ2n) is 7.86. The maximum Gasteiger partial charge on any atom is 0.254 e. The number of nitrogens with one attached hydrogen (secondary N) is 2. The molecule has 0 radical (unpaired) electrons. The molecule has 1 saturated heterocycles. The van der Waals surface area contributed by atoms with Crippen molar-refractivity contribution in [3.8, 4) is 17.0 Å². The zero-order valence-corrected chi connectivity index (χ0v) is 18.5. The molecule has 1 aliphatic rings. The second-order valence-corrected chi connectivity index (χ2v) is 8.30. The van der Waals surface area contributed by atoms with Crippen molar-refractivity contribution in [2.45, 2.75) is 0 Å². The monoisotopic (exact) mass is 459 g/mol. The van der Waals surface area contributed by atoms with E-state index in [2.05, 4.69) is 15.5 Å². The third kappa shape index (κ3) is 4.46. The molecule has 0 unspecified atom stereocenters. The summed E-state index contributed by atoms with van der Waals surface area (Å²) in [4.78, 5) is 20.1. The molecule has 0 aliphatic carbocycles. The first-order valence-electron chi connectivity index (χ1n) is 10.7. The van der Waals surface area contributed by atoms with E-state index >= 15 is 0 Å². The molecule has 1 amide bonds. The van der Waals surface area contributed by atoms with Crippen LogP contribution in [0.15, 0.2) is 54.6 Å². The number of hydrogen-bond donors (Lipinski definition) is 3. The van der Waals surface area contributed by atoms with Crippen LogP contribution < -0.4 is 5.32 Å². The molecule has 7 nitrogen and oxygen atoms in total. The molecule has 2 aromatic carbocycles. The number of fused-ring (bicyclic) bond motifs is 1. The number of aromatic nitrogens is 3. The van der Waals surface area contributed by atoms with Gasteiger partial charge >= 0.3 is 0 Å². The van der Waals surface area contributed by atoms with Crippen LogP contribution >= 0.6 is 11.6 Å². The van der Waals surface area contributed by atoms with Crippen molar-refractivity contribution in [2.24, 2.45) is 0 Å². The molecular formula is C25H22ClN5O2. The van der Waals surface area contributed by atoms with E-state index in [1.54, 1.807) is 24.3 Å². The molecule has 0 saturated carbocycles. The Morgan fingerprint density at radius 1 is 1.06 bits per heavy atom. The summed E-state index contributed by atoms with van der Waals surface area (Å²) in [6.07, 6.45) is 3.77. The van der Waals surface area contributed by atoms with Gasteiger partial charge in [-0.2, -0.15) is 5.10 Å². The summed E-state index contributed by atoms with van der Waals surface area (Å²) < 4.78 is 0. The second kappa shape index (κ2) is 9.05. The first-order valence-corrected chi connectivity index (χ1v) is 11.1. The fourth-order valence-electron chi connectivity index (χ4n) is 3.95. The normalized spacial score (nSPS) is 14.3. The molecule has 4 aromatic rings. The topological polar surface area (TPSA) is 94.1 Å². The van der Waals surface area contributed by atoms with Gasteiger partial charge in [0.25, 0.3) is 5.91 Å². The van der Waals surface area contributed by atoms with Crippen LogP contribution in [-0.4, -0.2) is 57.3 Å². The average Bonchev–Trinajstić information content (AvgIpc) is 3.26. The van der Waals surface area contributed by atoms with E-state index in [9.17, 15) is 9.90 Å². The number of carbonyl (C=O) groups is 1. The van der Waals surface area contributed by atoms with Crippen LogP contribution in [0.2, 0.25) is 5.02 Å². The van der Waals surface area contributed by atoms with Gasteiger partial charge in [-0.3, -0.25) is 9.89 Å². The molecule has 33 heavy (non-hydrogen) atoms. The van der Waals surface area contributed by atoms with Gasteiger partial charge in [-0.15, -0.1) is 0 Å². The summed E-state index contributed by atoms with van der Waals surface area (Å²) in [5, 5.41) is 21.7. The molecule has 1 fully saturated rings. The molecule has 166 valence electrons. The quantitative estimate of drug-likeness (QED) is 0.425. The predicted octanol–water partition coefficient (Wildman–Crippen LogP) is 4.20. The number of carbonyl (C=O) groups excluding carboxylic acids is 1. The van der Waals surface area contributed by atoms with Crippen molar-refractivity contribution >= 4 is 40.7 Å². The Balaban J connectivity index is 1.62. The Hall–Kier alpha value is -3.68. The highest BCUT2D eigenvalue weighted by Gasteiger charge is 2.24. The van der Waals surface area contributed by atoms with Crippen molar-refractivity contribution in [1.29, 1.82) is 0 Å². The van der Waals surface area contributed by atoms with Crippen LogP contribution in [0.5, 0.6) is 5.75 Å². The Kier molecular flexibility index (Phi) is 5.81. The molecule has 0 spiro atoms. The zero-order chi connectivity index (χ0) is 22.8. The van der Waals surface area contributed by atoms with Crippen molar-refractivity contribution < 1.29 is 9.90 Å². The minimum atomic E-state index is -0.0530. The van der Waals surface area contributed by atoms with E-state index < -0.39 is 0 Å². The van der Waals surface area contributed by atoms with Crippen molar-refractivity contribution in [1.82, 2.24) is 25.4 Å². The number of H-pyrrole nitrogens is 1. The number of aromatic hydroxyl groups is 1. The van der Waals surface area contributed by atoms with Gasteiger partial charge in [0.2, 0.25) is 0 Å². The molecular weight excluding hydrogens is 438 g/mol. The number of pyridine rings is 1. The molecule has 3 N–H and O–H groups in total. The van der Waals surface area contributed by atoms with Crippen LogP contribution in [-0.2, 0) is 0 Å². The summed E-state index contributed by atoms with van der Waals surface area (Å²) >= 11 is 6.10. The van der Waals surface area contributed by atoms with E-state index in [4.69, 9.17) is 16.6 Å². The highest BCUT2D eigenvalue weighted by Crippen LogP contribution is 2.29. The maximum absolute atomic E-state index is 13.6. The number of halogens is 1. The maximum atomic E-state index is 13.6.